The summed E-state index contributed by atoms with van der Waals surface area (Å²) in [6, 6.07) is 7.72. The predicted molar refractivity (Wildman–Crippen MR) is 82.0 cm³/mol. The van der Waals surface area contributed by atoms with Gasteiger partial charge >= 0.3 is 0 Å². The van der Waals surface area contributed by atoms with Crippen molar-refractivity contribution in [1.29, 1.82) is 0 Å². The van der Waals surface area contributed by atoms with Crippen LogP contribution in [-0.2, 0) is 6.42 Å². The van der Waals surface area contributed by atoms with E-state index in [-0.39, 0.29) is 0 Å². The fourth-order valence-corrected chi connectivity index (χ4v) is 3.52. The molecule has 0 amide bonds. The largest absolute Gasteiger partial charge is 0.371 e. The van der Waals surface area contributed by atoms with Crippen LogP contribution in [0.2, 0.25) is 0 Å². The van der Waals surface area contributed by atoms with Crippen LogP contribution in [0.5, 0.6) is 0 Å². The van der Waals surface area contributed by atoms with Gasteiger partial charge in [-0.05, 0) is 57.2 Å². The molecule has 2 nitrogen and oxygen atoms in total. The average molecular weight is 258 g/mol. The normalized spacial score (nSPS) is 23.2. The first-order chi connectivity index (χ1) is 9.33. The smallest absolute Gasteiger partial charge is 0.0398 e. The maximum absolute atomic E-state index is 3.67. The van der Waals surface area contributed by atoms with Crippen LogP contribution < -0.4 is 10.2 Å². The summed E-state index contributed by atoms with van der Waals surface area (Å²) in [5.74, 6) is 0. The Balaban J connectivity index is 1.63. The van der Waals surface area contributed by atoms with E-state index < -0.39 is 0 Å². The Kier molecular flexibility index (Phi) is 4.07. The molecule has 2 heteroatoms. The molecule has 1 fully saturated rings. The highest BCUT2D eigenvalue weighted by Crippen LogP contribution is 2.28. The minimum absolute atomic E-state index is 0.754. The van der Waals surface area contributed by atoms with E-state index in [1.807, 2.05) is 0 Å². The van der Waals surface area contributed by atoms with Crippen LogP contribution in [0.4, 0.5) is 5.69 Å². The molecule has 3 rings (SSSR count). The van der Waals surface area contributed by atoms with Crippen molar-refractivity contribution in [2.24, 2.45) is 0 Å². The number of fused-ring (bicyclic) bond motifs is 1. The summed E-state index contributed by atoms with van der Waals surface area (Å²) in [5, 5.41) is 3.67. The fraction of sp³-hybridized carbons (Fsp3) is 0.647. The molecule has 2 aliphatic rings. The molecule has 0 radical (unpaired) electrons. The quantitative estimate of drug-likeness (QED) is 0.895. The van der Waals surface area contributed by atoms with Gasteiger partial charge in [0.2, 0.25) is 0 Å². The van der Waals surface area contributed by atoms with Crippen LogP contribution in [-0.4, -0.2) is 25.7 Å². The van der Waals surface area contributed by atoms with Crippen molar-refractivity contribution in [1.82, 2.24) is 5.32 Å². The molecule has 0 spiro atoms. The van der Waals surface area contributed by atoms with Crippen molar-refractivity contribution in [3.05, 3.63) is 29.3 Å². The molecular weight excluding hydrogens is 232 g/mol. The number of anilines is 1. The average Bonchev–Trinajstić information content (AvgIpc) is 2.45. The first-order valence-electron chi connectivity index (χ1n) is 7.91. The highest BCUT2D eigenvalue weighted by atomic mass is 15.1. The third-order valence-corrected chi connectivity index (χ3v) is 4.61. The molecule has 104 valence electrons. The van der Waals surface area contributed by atoms with E-state index in [0.29, 0.717) is 0 Å². The molecule has 2 heterocycles. The zero-order valence-corrected chi connectivity index (χ0v) is 12.1. The summed E-state index contributed by atoms with van der Waals surface area (Å²) in [6.07, 6.45) is 8.02. The van der Waals surface area contributed by atoms with E-state index in [9.17, 15) is 0 Å². The summed E-state index contributed by atoms with van der Waals surface area (Å²) >= 11 is 0. The van der Waals surface area contributed by atoms with Gasteiger partial charge in [0.25, 0.3) is 0 Å². The van der Waals surface area contributed by atoms with Gasteiger partial charge in [-0.25, -0.2) is 0 Å². The van der Waals surface area contributed by atoms with Gasteiger partial charge < -0.3 is 10.2 Å². The number of hydrogen-bond donors (Lipinski definition) is 1. The summed E-state index contributed by atoms with van der Waals surface area (Å²) in [4.78, 5) is 2.61. The standard InChI is InChI=1S/C17H26N2/c1-14-7-8-17-15(13-14)5-4-11-19(17)12-9-16-6-2-3-10-18-16/h7-8,13,16,18H,2-6,9-12H2,1H3. The molecule has 1 aromatic carbocycles. The number of rotatable bonds is 3. The van der Waals surface area contributed by atoms with E-state index in [4.69, 9.17) is 0 Å². The van der Waals surface area contributed by atoms with E-state index in [1.54, 1.807) is 5.56 Å². The second-order valence-electron chi connectivity index (χ2n) is 6.16. The Morgan fingerprint density at radius 1 is 1.26 bits per heavy atom. The van der Waals surface area contributed by atoms with Gasteiger partial charge in [-0.15, -0.1) is 0 Å². The lowest BCUT2D eigenvalue weighted by Gasteiger charge is -2.33. The van der Waals surface area contributed by atoms with Crippen molar-refractivity contribution in [2.45, 2.75) is 51.5 Å². The van der Waals surface area contributed by atoms with Gasteiger partial charge in [0.15, 0.2) is 0 Å². The summed E-state index contributed by atoms with van der Waals surface area (Å²) in [6.45, 7) is 5.88. The van der Waals surface area contributed by atoms with Gasteiger partial charge in [0, 0.05) is 24.8 Å². The molecular formula is C17H26N2. The van der Waals surface area contributed by atoms with Crippen LogP contribution in [0.3, 0.4) is 0 Å². The lowest BCUT2D eigenvalue weighted by molar-refractivity contribution is 0.382. The topological polar surface area (TPSA) is 15.3 Å². The number of aryl methyl sites for hydroxylation is 2. The number of nitrogens with zero attached hydrogens (tertiary/aromatic N) is 1. The summed E-state index contributed by atoms with van der Waals surface area (Å²) in [5.41, 5.74) is 4.45. The van der Waals surface area contributed by atoms with Crippen LogP contribution in [0.25, 0.3) is 0 Å². The van der Waals surface area contributed by atoms with E-state index in [1.165, 1.54) is 69.4 Å². The molecule has 1 atom stereocenters. The van der Waals surface area contributed by atoms with Crippen LogP contribution in [0.1, 0.15) is 43.2 Å². The van der Waals surface area contributed by atoms with Gasteiger partial charge in [-0.2, -0.15) is 0 Å². The van der Waals surface area contributed by atoms with Crippen molar-refractivity contribution >= 4 is 5.69 Å². The lowest BCUT2D eigenvalue weighted by atomic mass is 9.98. The molecule has 1 aromatic rings. The lowest BCUT2D eigenvalue weighted by Crippen LogP contribution is -2.38. The second kappa shape index (κ2) is 5.96. The molecule has 1 N–H and O–H groups in total. The summed E-state index contributed by atoms with van der Waals surface area (Å²) < 4.78 is 0. The van der Waals surface area contributed by atoms with Crippen molar-refractivity contribution in [3.8, 4) is 0 Å². The zero-order chi connectivity index (χ0) is 13.1. The highest BCUT2D eigenvalue weighted by molar-refractivity contribution is 5.56. The Morgan fingerprint density at radius 3 is 3.05 bits per heavy atom. The predicted octanol–water partition coefficient (Wildman–Crippen LogP) is 3.28. The van der Waals surface area contributed by atoms with Gasteiger partial charge in [0.1, 0.15) is 0 Å². The third-order valence-electron chi connectivity index (χ3n) is 4.61. The molecule has 1 unspecified atom stereocenters. The molecule has 19 heavy (non-hydrogen) atoms. The van der Waals surface area contributed by atoms with Gasteiger partial charge in [0.05, 0.1) is 0 Å². The fourth-order valence-electron chi connectivity index (χ4n) is 3.52. The first kappa shape index (κ1) is 13.0. The molecule has 0 bridgehead atoms. The van der Waals surface area contributed by atoms with Crippen LogP contribution >= 0.6 is 0 Å². The zero-order valence-electron chi connectivity index (χ0n) is 12.1. The Morgan fingerprint density at radius 2 is 2.21 bits per heavy atom. The minimum atomic E-state index is 0.754. The summed E-state index contributed by atoms with van der Waals surface area (Å²) in [7, 11) is 0. The molecule has 2 aliphatic heterocycles. The molecule has 0 saturated carbocycles. The Bertz CT molecular complexity index is 421. The monoisotopic (exact) mass is 258 g/mol. The highest BCUT2D eigenvalue weighted by Gasteiger charge is 2.19. The number of benzene rings is 1. The second-order valence-corrected chi connectivity index (χ2v) is 6.16. The maximum Gasteiger partial charge on any atom is 0.0398 e. The Labute approximate surface area is 117 Å². The van der Waals surface area contributed by atoms with Crippen molar-refractivity contribution in [2.75, 3.05) is 24.5 Å². The minimum Gasteiger partial charge on any atom is -0.371 e. The number of hydrogen-bond acceptors (Lipinski definition) is 2. The van der Waals surface area contributed by atoms with E-state index in [0.717, 1.165) is 6.04 Å². The number of piperidine rings is 1. The molecule has 0 aromatic heterocycles. The molecule has 0 aliphatic carbocycles. The van der Waals surface area contributed by atoms with Gasteiger partial charge in [-0.3, -0.25) is 0 Å². The van der Waals surface area contributed by atoms with Crippen molar-refractivity contribution < 1.29 is 0 Å². The van der Waals surface area contributed by atoms with Gasteiger partial charge in [-0.1, -0.05) is 24.1 Å². The SMILES string of the molecule is Cc1ccc2c(c1)CCCN2CCC1CCCCN1. The van der Waals surface area contributed by atoms with Crippen molar-refractivity contribution in [3.63, 3.8) is 0 Å². The Hall–Kier alpha value is -1.02. The molecule has 1 saturated heterocycles. The number of nitrogens with one attached hydrogen (secondary N) is 1. The van der Waals surface area contributed by atoms with Crippen LogP contribution in [0, 0.1) is 6.92 Å². The van der Waals surface area contributed by atoms with E-state index in [2.05, 4.69) is 35.3 Å². The van der Waals surface area contributed by atoms with E-state index >= 15 is 0 Å². The van der Waals surface area contributed by atoms with Crippen LogP contribution in [0.15, 0.2) is 18.2 Å². The maximum atomic E-state index is 3.67. The first-order valence-corrected chi connectivity index (χ1v) is 7.91. The third kappa shape index (κ3) is 3.11.